The van der Waals surface area contributed by atoms with Crippen molar-refractivity contribution in [2.75, 3.05) is 14.2 Å². The standard InChI is InChI=1S/C31H35N3O2S2/c1-20(27-15-21-12-13-22(27)14-21)34(16-23-18-37-30(32-23)25-8-4-6-10-28(25)35-2)17-24-19-38-31(33-24)26-9-5-7-11-29(26)36-3/h4-11,18-22,27H,12-17H2,1-3H3. The van der Waals surface area contributed by atoms with Crippen molar-refractivity contribution >= 4 is 22.7 Å². The third kappa shape index (κ3) is 5.12. The van der Waals surface area contributed by atoms with Crippen LogP contribution in [-0.4, -0.2) is 35.1 Å². The van der Waals surface area contributed by atoms with E-state index in [0.717, 1.165) is 74.9 Å². The second-order valence-electron chi connectivity index (χ2n) is 10.7. The Hall–Kier alpha value is -2.74. The number of benzene rings is 2. The third-order valence-corrected chi connectivity index (χ3v) is 10.3. The summed E-state index contributed by atoms with van der Waals surface area (Å²) in [5, 5.41) is 6.45. The predicted octanol–water partition coefficient (Wildman–Crippen LogP) is 7.78. The summed E-state index contributed by atoms with van der Waals surface area (Å²) in [4.78, 5) is 12.7. The second kappa shape index (κ2) is 11.2. The largest absolute Gasteiger partial charge is 0.496 e. The molecule has 0 saturated heterocycles. The van der Waals surface area contributed by atoms with Gasteiger partial charge in [0.2, 0.25) is 0 Å². The minimum atomic E-state index is 0.484. The quantitative estimate of drug-likeness (QED) is 0.204. The van der Waals surface area contributed by atoms with Gasteiger partial charge < -0.3 is 9.47 Å². The van der Waals surface area contributed by atoms with Crippen molar-refractivity contribution < 1.29 is 9.47 Å². The molecule has 4 aromatic rings. The Bertz CT molecular complexity index is 1290. The lowest BCUT2D eigenvalue weighted by molar-refractivity contribution is 0.104. The Balaban J connectivity index is 1.26. The van der Waals surface area contributed by atoms with Gasteiger partial charge in [-0.3, -0.25) is 4.90 Å². The number of methoxy groups -OCH3 is 2. The van der Waals surface area contributed by atoms with Crippen LogP contribution in [-0.2, 0) is 13.1 Å². The van der Waals surface area contributed by atoms with E-state index in [1.807, 2.05) is 36.4 Å². The molecule has 38 heavy (non-hydrogen) atoms. The smallest absolute Gasteiger partial charge is 0.129 e. The molecule has 2 bridgehead atoms. The number of rotatable bonds is 10. The average molecular weight is 546 g/mol. The van der Waals surface area contributed by atoms with E-state index in [2.05, 4.69) is 34.7 Å². The molecule has 2 saturated carbocycles. The zero-order valence-electron chi connectivity index (χ0n) is 22.3. The first-order valence-electron chi connectivity index (χ1n) is 13.5. The zero-order chi connectivity index (χ0) is 26.1. The minimum absolute atomic E-state index is 0.484. The summed E-state index contributed by atoms with van der Waals surface area (Å²) >= 11 is 3.39. The van der Waals surface area contributed by atoms with E-state index in [4.69, 9.17) is 19.4 Å². The Morgan fingerprint density at radius 1 is 0.816 bits per heavy atom. The van der Waals surface area contributed by atoms with Crippen LogP contribution in [0.2, 0.25) is 0 Å². The van der Waals surface area contributed by atoms with Crippen molar-refractivity contribution in [1.82, 2.24) is 14.9 Å². The maximum Gasteiger partial charge on any atom is 0.129 e. The Morgan fingerprint density at radius 3 is 1.84 bits per heavy atom. The van der Waals surface area contributed by atoms with Gasteiger partial charge in [-0.1, -0.05) is 30.7 Å². The van der Waals surface area contributed by atoms with Crippen molar-refractivity contribution in [3.05, 3.63) is 70.7 Å². The molecule has 0 radical (unpaired) electrons. The molecule has 0 N–H and O–H groups in total. The maximum atomic E-state index is 5.60. The van der Waals surface area contributed by atoms with Crippen LogP contribution in [0.15, 0.2) is 59.3 Å². The third-order valence-electron chi connectivity index (χ3n) is 8.50. The maximum absolute atomic E-state index is 5.60. The van der Waals surface area contributed by atoms with Crippen LogP contribution >= 0.6 is 22.7 Å². The van der Waals surface area contributed by atoms with E-state index < -0.39 is 0 Å². The Kier molecular flexibility index (Phi) is 7.50. The SMILES string of the molecule is COc1ccccc1-c1nc(CN(Cc2csc(-c3ccccc3OC)n2)C(C)C2CC3CCC2C3)cs1. The fourth-order valence-electron chi connectivity index (χ4n) is 6.56. The normalized spacial score (nSPS) is 21.2. The van der Waals surface area contributed by atoms with E-state index in [-0.39, 0.29) is 0 Å². The van der Waals surface area contributed by atoms with E-state index in [0.29, 0.717) is 6.04 Å². The molecular weight excluding hydrogens is 510 g/mol. The van der Waals surface area contributed by atoms with Gasteiger partial charge in [-0.15, -0.1) is 22.7 Å². The van der Waals surface area contributed by atoms with E-state index in [9.17, 15) is 0 Å². The highest BCUT2D eigenvalue weighted by Gasteiger charge is 2.43. The van der Waals surface area contributed by atoms with Crippen LogP contribution in [0, 0.1) is 17.8 Å². The van der Waals surface area contributed by atoms with Gasteiger partial charge in [0, 0.05) is 29.9 Å². The molecule has 0 spiro atoms. The monoisotopic (exact) mass is 545 g/mol. The van der Waals surface area contributed by atoms with Gasteiger partial charge in [0.05, 0.1) is 36.7 Å². The number of nitrogens with zero attached hydrogens (tertiary/aromatic N) is 3. The molecule has 2 heterocycles. The van der Waals surface area contributed by atoms with Crippen molar-refractivity contribution in [3.8, 4) is 32.6 Å². The lowest BCUT2D eigenvalue weighted by Crippen LogP contribution is -2.40. The predicted molar refractivity (Wildman–Crippen MR) is 156 cm³/mol. The van der Waals surface area contributed by atoms with Crippen molar-refractivity contribution in [2.24, 2.45) is 17.8 Å². The molecule has 2 aromatic heterocycles. The number of ether oxygens (including phenoxy) is 2. The molecule has 2 fully saturated rings. The molecule has 2 aromatic carbocycles. The number of thiazole rings is 2. The molecule has 198 valence electrons. The van der Waals surface area contributed by atoms with Gasteiger partial charge >= 0.3 is 0 Å². The molecule has 6 rings (SSSR count). The summed E-state index contributed by atoms with van der Waals surface area (Å²) in [6.45, 7) is 4.08. The van der Waals surface area contributed by atoms with Crippen LogP contribution in [0.25, 0.3) is 21.1 Å². The fourth-order valence-corrected chi connectivity index (χ4v) is 8.25. The topological polar surface area (TPSA) is 47.5 Å². The molecular formula is C31H35N3O2S2. The van der Waals surface area contributed by atoms with Crippen molar-refractivity contribution in [2.45, 2.75) is 51.7 Å². The van der Waals surface area contributed by atoms with Crippen LogP contribution in [0.1, 0.15) is 44.0 Å². The molecule has 2 aliphatic carbocycles. The summed E-state index contributed by atoms with van der Waals surface area (Å²) in [7, 11) is 3.44. The first kappa shape index (κ1) is 25.5. The molecule has 0 amide bonds. The summed E-state index contributed by atoms with van der Waals surface area (Å²) in [5.74, 6) is 4.30. The van der Waals surface area contributed by atoms with Gasteiger partial charge in [0.1, 0.15) is 21.5 Å². The van der Waals surface area contributed by atoms with Crippen LogP contribution in [0.3, 0.4) is 0 Å². The molecule has 4 atom stereocenters. The van der Waals surface area contributed by atoms with Gasteiger partial charge in [-0.25, -0.2) is 9.97 Å². The first-order valence-corrected chi connectivity index (χ1v) is 15.3. The molecule has 5 nitrogen and oxygen atoms in total. The number of fused-ring (bicyclic) bond motifs is 2. The molecule has 0 aliphatic heterocycles. The van der Waals surface area contributed by atoms with Crippen molar-refractivity contribution in [1.29, 1.82) is 0 Å². The minimum Gasteiger partial charge on any atom is -0.496 e. The average Bonchev–Trinajstić information content (AvgIpc) is 3.78. The highest BCUT2D eigenvalue weighted by Crippen LogP contribution is 2.50. The summed E-state index contributed by atoms with van der Waals surface area (Å²) in [6.07, 6.45) is 5.62. The summed E-state index contributed by atoms with van der Waals surface area (Å²) < 4.78 is 11.2. The zero-order valence-corrected chi connectivity index (χ0v) is 23.9. The first-order chi connectivity index (χ1) is 18.6. The highest BCUT2D eigenvalue weighted by molar-refractivity contribution is 7.13. The van der Waals surface area contributed by atoms with E-state index in [1.165, 1.54) is 25.7 Å². The van der Waals surface area contributed by atoms with Crippen LogP contribution < -0.4 is 9.47 Å². The highest BCUT2D eigenvalue weighted by atomic mass is 32.1. The van der Waals surface area contributed by atoms with Crippen LogP contribution in [0.5, 0.6) is 11.5 Å². The van der Waals surface area contributed by atoms with E-state index >= 15 is 0 Å². The van der Waals surface area contributed by atoms with Gasteiger partial charge in [0.15, 0.2) is 0 Å². The number of hydrogen-bond acceptors (Lipinski definition) is 7. The van der Waals surface area contributed by atoms with E-state index in [1.54, 1.807) is 36.9 Å². The second-order valence-corrected chi connectivity index (χ2v) is 12.4. The molecule has 4 unspecified atom stereocenters. The van der Waals surface area contributed by atoms with Crippen LogP contribution in [0.4, 0.5) is 0 Å². The number of hydrogen-bond donors (Lipinski definition) is 0. The van der Waals surface area contributed by atoms with Gasteiger partial charge in [-0.05, 0) is 68.2 Å². The number of aromatic nitrogens is 2. The number of para-hydroxylation sites is 2. The lowest BCUT2D eigenvalue weighted by atomic mass is 9.83. The molecule has 7 heteroatoms. The Labute approximate surface area is 233 Å². The lowest BCUT2D eigenvalue weighted by Gasteiger charge is -2.36. The molecule has 2 aliphatic rings. The van der Waals surface area contributed by atoms with Gasteiger partial charge in [-0.2, -0.15) is 0 Å². The van der Waals surface area contributed by atoms with Crippen molar-refractivity contribution in [3.63, 3.8) is 0 Å². The Morgan fingerprint density at radius 2 is 1.37 bits per heavy atom. The van der Waals surface area contributed by atoms with Gasteiger partial charge in [0.25, 0.3) is 0 Å². The summed E-state index contributed by atoms with van der Waals surface area (Å²) in [5.41, 5.74) is 4.34. The fraction of sp³-hybridized carbons (Fsp3) is 0.419. The summed E-state index contributed by atoms with van der Waals surface area (Å²) in [6, 6.07) is 16.8.